The third kappa shape index (κ3) is 3.54. The van der Waals surface area contributed by atoms with Crippen LogP contribution in [0.3, 0.4) is 0 Å². The fraction of sp³-hybridized carbons (Fsp3) is 0.176. The smallest absolute Gasteiger partial charge is 0.184 e. The Labute approximate surface area is 142 Å². The van der Waals surface area contributed by atoms with E-state index in [4.69, 9.17) is 22.1 Å². The molecule has 2 heterocycles. The Morgan fingerprint density at radius 3 is 2.96 bits per heavy atom. The van der Waals surface area contributed by atoms with Crippen LogP contribution in [-0.4, -0.2) is 17.0 Å². The normalized spacial score (nSPS) is 19.9. The lowest BCUT2D eigenvalue weighted by molar-refractivity contribution is 0.335. The van der Waals surface area contributed by atoms with Gasteiger partial charge in [-0.25, -0.2) is 13.8 Å². The van der Waals surface area contributed by atoms with Crippen LogP contribution in [0, 0.1) is 11.7 Å². The Balaban J connectivity index is 1.76. The second-order valence-electron chi connectivity index (χ2n) is 5.35. The van der Waals surface area contributed by atoms with Crippen LogP contribution in [0.25, 0.3) is 0 Å². The molecule has 1 aromatic heterocycles. The number of halogens is 3. The van der Waals surface area contributed by atoms with E-state index >= 15 is 0 Å². The molecule has 2 unspecified atom stereocenters. The van der Waals surface area contributed by atoms with Crippen molar-refractivity contribution in [2.75, 3.05) is 0 Å². The highest BCUT2D eigenvalue weighted by molar-refractivity contribution is 6.30. The van der Waals surface area contributed by atoms with Crippen molar-refractivity contribution in [3.63, 3.8) is 0 Å². The van der Waals surface area contributed by atoms with Gasteiger partial charge in [0.2, 0.25) is 0 Å². The van der Waals surface area contributed by atoms with Crippen LogP contribution in [0.1, 0.15) is 5.56 Å². The first-order valence-corrected chi connectivity index (χ1v) is 7.62. The number of benzene rings is 1. The van der Waals surface area contributed by atoms with Gasteiger partial charge in [0, 0.05) is 18.3 Å². The number of pyridine rings is 1. The molecule has 0 saturated heterocycles. The lowest BCUT2D eigenvalue weighted by Crippen LogP contribution is -2.33. The van der Waals surface area contributed by atoms with Gasteiger partial charge in [-0.15, -0.1) is 0 Å². The molecular weight excluding hydrogens is 336 g/mol. The number of hydrogen-bond acceptors (Lipinski definition) is 4. The summed E-state index contributed by atoms with van der Waals surface area (Å²) in [6, 6.07) is 6.16. The Hall–Kier alpha value is -2.47. The molecule has 2 N–H and O–H groups in total. The Bertz CT molecular complexity index is 810. The second kappa shape index (κ2) is 6.97. The van der Waals surface area contributed by atoms with Crippen molar-refractivity contribution in [2.45, 2.75) is 12.6 Å². The monoisotopic (exact) mass is 349 g/mol. The maximum Gasteiger partial charge on any atom is 0.184 e. The average Bonchev–Trinajstić information content (AvgIpc) is 2.57. The zero-order valence-electron chi connectivity index (χ0n) is 12.5. The van der Waals surface area contributed by atoms with Gasteiger partial charge in [-0.05, 0) is 30.2 Å². The van der Waals surface area contributed by atoms with Crippen molar-refractivity contribution in [1.82, 2.24) is 4.98 Å². The van der Waals surface area contributed by atoms with Gasteiger partial charge in [0.15, 0.2) is 17.7 Å². The maximum absolute atomic E-state index is 14.0. The Morgan fingerprint density at radius 1 is 1.29 bits per heavy atom. The fourth-order valence-electron chi connectivity index (χ4n) is 2.39. The summed E-state index contributed by atoms with van der Waals surface area (Å²) < 4.78 is 33.4. The standard InChI is InChI=1S/C17H14ClF2N3O/c18-13-2-1-3-14(16(13)20)24-12-7-10(8-22-9-12)6-11-4-5-23-17(21)15(11)19/h1-5,7-9,11,15H,6H2,(H2,21,23). The highest BCUT2D eigenvalue weighted by Crippen LogP contribution is 2.29. The molecule has 1 aliphatic rings. The van der Waals surface area contributed by atoms with Crippen LogP contribution in [0.5, 0.6) is 11.5 Å². The number of aliphatic imine (C=N–C) groups is 1. The number of amidine groups is 1. The number of aromatic nitrogens is 1. The van der Waals surface area contributed by atoms with E-state index < -0.39 is 17.9 Å². The molecule has 0 fully saturated rings. The summed E-state index contributed by atoms with van der Waals surface area (Å²) in [5, 5.41) is -0.0287. The molecule has 0 spiro atoms. The lowest BCUT2D eigenvalue weighted by atomic mass is 9.93. The average molecular weight is 350 g/mol. The summed E-state index contributed by atoms with van der Waals surface area (Å²) in [6.07, 6.45) is 5.23. The molecule has 2 atom stereocenters. The molecule has 0 saturated carbocycles. The molecule has 0 amide bonds. The summed E-state index contributed by atoms with van der Waals surface area (Å²) in [5.41, 5.74) is 6.25. The molecule has 0 bridgehead atoms. The quantitative estimate of drug-likeness (QED) is 0.905. The minimum Gasteiger partial charge on any atom is -0.453 e. The zero-order valence-corrected chi connectivity index (χ0v) is 13.3. The van der Waals surface area contributed by atoms with Crippen LogP contribution in [0.4, 0.5) is 8.78 Å². The zero-order chi connectivity index (χ0) is 17.1. The van der Waals surface area contributed by atoms with Crippen molar-refractivity contribution in [3.05, 3.63) is 65.3 Å². The Morgan fingerprint density at radius 2 is 2.12 bits per heavy atom. The van der Waals surface area contributed by atoms with Gasteiger partial charge in [-0.2, -0.15) is 0 Å². The predicted octanol–water partition coefficient (Wildman–Crippen LogP) is 4.05. The molecule has 3 rings (SSSR count). The van der Waals surface area contributed by atoms with Gasteiger partial charge >= 0.3 is 0 Å². The molecule has 1 aromatic carbocycles. The van der Waals surface area contributed by atoms with Crippen molar-refractivity contribution < 1.29 is 13.5 Å². The Kier molecular flexibility index (Phi) is 4.76. The summed E-state index contributed by atoms with van der Waals surface area (Å²) in [5.74, 6) is -0.775. The van der Waals surface area contributed by atoms with E-state index in [1.165, 1.54) is 24.5 Å². The third-order valence-corrected chi connectivity index (χ3v) is 3.89. The molecule has 2 aromatic rings. The number of hydrogen-bond donors (Lipinski definition) is 1. The van der Waals surface area contributed by atoms with E-state index in [-0.39, 0.29) is 16.6 Å². The predicted molar refractivity (Wildman–Crippen MR) is 88.6 cm³/mol. The molecule has 7 heteroatoms. The molecule has 0 radical (unpaired) electrons. The van der Waals surface area contributed by atoms with E-state index in [9.17, 15) is 8.78 Å². The first-order valence-electron chi connectivity index (χ1n) is 7.24. The second-order valence-corrected chi connectivity index (χ2v) is 5.76. The topological polar surface area (TPSA) is 60.5 Å². The molecule has 24 heavy (non-hydrogen) atoms. The molecule has 0 aliphatic carbocycles. The largest absolute Gasteiger partial charge is 0.453 e. The lowest BCUT2D eigenvalue weighted by Gasteiger charge is -2.20. The van der Waals surface area contributed by atoms with Gasteiger partial charge in [-0.3, -0.25) is 4.98 Å². The van der Waals surface area contributed by atoms with Crippen LogP contribution >= 0.6 is 11.6 Å². The van der Waals surface area contributed by atoms with E-state index in [1.54, 1.807) is 24.4 Å². The van der Waals surface area contributed by atoms with E-state index in [2.05, 4.69) is 9.98 Å². The summed E-state index contributed by atoms with van der Waals surface area (Å²) in [6.45, 7) is 0. The van der Waals surface area contributed by atoms with Gasteiger partial charge in [0.25, 0.3) is 0 Å². The van der Waals surface area contributed by atoms with Crippen LogP contribution in [0.15, 0.2) is 53.9 Å². The third-order valence-electron chi connectivity index (χ3n) is 3.60. The van der Waals surface area contributed by atoms with Crippen LogP contribution < -0.4 is 10.5 Å². The minimum atomic E-state index is -1.34. The van der Waals surface area contributed by atoms with E-state index in [1.807, 2.05) is 0 Å². The first-order chi connectivity index (χ1) is 11.5. The molecule has 1 aliphatic heterocycles. The number of alkyl halides is 1. The minimum absolute atomic E-state index is 0.00115. The summed E-state index contributed by atoms with van der Waals surface area (Å²) >= 11 is 5.73. The van der Waals surface area contributed by atoms with Crippen LogP contribution in [-0.2, 0) is 6.42 Å². The number of allylic oxidation sites excluding steroid dienone is 1. The molecular formula is C17H14ClF2N3O. The van der Waals surface area contributed by atoms with Gasteiger partial charge in [0.1, 0.15) is 11.6 Å². The highest BCUT2D eigenvalue weighted by atomic mass is 35.5. The summed E-state index contributed by atoms with van der Waals surface area (Å²) in [4.78, 5) is 7.79. The van der Waals surface area contributed by atoms with Crippen molar-refractivity contribution in [1.29, 1.82) is 0 Å². The molecule has 4 nitrogen and oxygen atoms in total. The number of rotatable bonds is 4. The number of nitrogens with two attached hydrogens (primary N) is 1. The SMILES string of the molecule is NC1=NC=CC(Cc2cncc(Oc3cccc(Cl)c3F)c2)C1F. The highest BCUT2D eigenvalue weighted by Gasteiger charge is 2.25. The van der Waals surface area contributed by atoms with Crippen molar-refractivity contribution in [2.24, 2.45) is 16.6 Å². The summed E-state index contributed by atoms with van der Waals surface area (Å²) in [7, 11) is 0. The van der Waals surface area contributed by atoms with Crippen LogP contribution in [0.2, 0.25) is 5.02 Å². The first kappa shape index (κ1) is 16.4. The molecule has 124 valence electrons. The van der Waals surface area contributed by atoms with Gasteiger partial charge in [0.05, 0.1) is 11.2 Å². The maximum atomic E-state index is 14.0. The fourth-order valence-corrected chi connectivity index (χ4v) is 2.56. The number of nitrogens with zero attached hydrogens (tertiary/aromatic N) is 2. The van der Waals surface area contributed by atoms with E-state index in [0.29, 0.717) is 12.2 Å². The van der Waals surface area contributed by atoms with Crippen molar-refractivity contribution >= 4 is 17.4 Å². The van der Waals surface area contributed by atoms with Gasteiger partial charge < -0.3 is 10.5 Å². The van der Waals surface area contributed by atoms with E-state index in [0.717, 1.165) is 5.56 Å². The van der Waals surface area contributed by atoms with Gasteiger partial charge in [-0.1, -0.05) is 23.7 Å². The number of ether oxygens (including phenoxy) is 1. The van der Waals surface area contributed by atoms with Crippen molar-refractivity contribution in [3.8, 4) is 11.5 Å².